The molecule has 0 atom stereocenters. The topological polar surface area (TPSA) is 50.7 Å². The number of carbonyl (C=O) groups excluding carboxylic acids is 1. The molecule has 2 aromatic rings. The van der Waals surface area contributed by atoms with Gasteiger partial charge in [-0.05, 0) is 30.5 Å². The smallest absolute Gasteiger partial charge is 0.275 e. The van der Waals surface area contributed by atoms with Gasteiger partial charge in [-0.3, -0.25) is 4.79 Å². The highest BCUT2D eigenvalue weighted by atomic mass is 16.5. The molecule has 0 fully saturated rings. The SMILES string of the molecule is CCCCC/C(=N\NC(=O)c1ccccc1OC)c1ccccc1. The minimum absolute atomic E-state index is 0.267. The van der Waals surface area contributed by atoms with E-state index in [4.69, 9.17) is 4.74 Å². The van der Waals surface area contributed by atoms with Crippen LogP contribution in [0, 0.1) is 0 Å². The normalized spacial score (nSPS) is 11.2. The molecule has 0 aliphatic heterocycles. The molecular formula is C20H24N2O2. The molecule has 1 amide bonds. The first-order valence-electron chi connectivity index (χ1n) is 8.31. The second kappa shape index (κ2) is 9.50. The fourth-order valence-electron chi connectivity index (χ4n) is 2.45. The Morgan fingerprint density at radius 3 is 2.46 bits per heavy atom. The van der Waals surface area contributed by atoms with E-state index in [-0.39, 0.29) is 5.91 Å². The summed E-state index contributed by atoms with van der Waals surface area (Å²) in [6, 6.07) is 17.1. The van der Waals surface area contributed by atoms with Crippen LogP contribution in [-0.4, -0.2) is 18.7 Å². The van der Waals surface area contributed by atoms with Crippen LogP contribution in [0.4, 0.5) is 0 Å². The number of carbonyl (C=O) groups is 1. The lowest BCUT2D eigenvalue weighted by atomic mass is 10.0. The first-order valence-corrected chi connectivity index (χ1v) is 8.31. The van der Waals surface area contributed by atoms with Crippen LogP contribution in [0.15, 0.2) is 59.7 Å². The van der Waals surface area contributed by atoms with Crippen LogP contribution in [0.3, 0.4) is 0 Å². The number of nitrogens with zero attached hydrogens (tertiary/aromatic N) is 1. The Morgan fingerprint density at radius 1 is 1.04 bits per heavy atom. The van der Waals surface area contributed by atoms with E-state index < -0.39 is 0 Å². The molecule has 0 radical (unpaired) electrons. The summed E-state index contributed by atoms with van der Waals surface area (Å²) in [6.45, 7) is 2.17. The van der Waals surface area contributed by atoms with Gasteiger partial charge in [0.25, 0.3) is 5.91 Å². The predicted octanol–water partition coefficient (Wildman–Crippen LogP) is 4.41. The third-order valence-corrected chi connectivity index (χ3v) is 3.77. The highest BCUT2D eigenvalue weighted by molar-refractivity contribution is 6.02. The Hall–Kier alpha value is -2.62. The quantitative estimate of drug-likeness (QED) is 0.444. The Kier molecular flexibility index (Phi) is 7.02. The third kappa shape index (κ3) is 4.95. The highest BCUT2D eigenvalue weighted by Crippen LogP contribution is 2.17. The van der Waals surface area contributed by atoms with Crippen molar-refractivity contribution in [2.75, 3.05) is 7.11 Å². The fourth-order valence-corrected chi connectivity index (χ4v) is 2.45. The molecule has 0 bridgehead atoms. The molecule has 24 heavy (non-hydrogen) atoms. The maximum atomic E-state index is 12.4. The van der Waals surface area contributed by atoms with Crippen molar-refractivity contribution in [1.82, 2.24) is 5.43 Å². The maximum Gasteiger partial charge on any atom is 0.275 e. The minimum atomic E-state index is -0.267. The van der Waals surface area contributed by atoms with Crippen molar-refractivity contribution >= 4 is 11.6 Å². The number of hydrogen-bond donors (Lipinski definition) is 1. The van der Waals surface area contributed by atoms with Crippen LogP contribution < -0.4 is 10.2 Å². The maximum absolute atomic E-state index is 12.4. The Bertz CT molecular complexity index is 681. The summed E-state index contributed by atoms with van der Waals surface area (Å²) in [6.07, 6.45) is 4.18. The number of para-hydroxylation sites is 1. The summed E-state index contributed by atoms with van der Waals surface area (Å²) < 4.78 is 5.23. The number of amides is 1. The van der Waals surface area contributed by atoms with Gasteiger partial charge in [0.15, 0.2) is 0 Å². The van der Waals surface area contributed by atoms with Crippen molar-refractivity contribution in [3.8, 4) is 5.75 Å². The number of unbranched alkanes of at least 4 members (excludes halogenated alkanes) is 2. The zero-order valence-corrected chi connectivity index (χ0v) is 14.3. The zero-order chi connectivity index (χ0) is 17.2. The number of hydrazone groups is 1. The average Bonchev–Trinajstić information content (AvgIpc) is 2.65. The van der Waals surface area contributed by atoms with Gasteiger partial charge >= 0.3 is 0 Å². The molecule has 0 saturated carbocycles. The number of rotatable bonds is 8. The van der Waals surface area contributed by atoms with E-state index in [0.29, 0.717) is 11.3 Å². The Morgan fingerprint density at radius 2 is 1.75 bits per heavy atom. The zero-order valence-electron chi connectivity index (χ0n) is 14.3. The van der Waals surface area contributed by atoms with E-state index in [2.05, 4.69) is 17.5 Å². The van der Waals surface area contributed by atoms with E-state index in [1.807, 2.05) is 36.4 Å². The van der Waals surface area contributed by atoms with Crippen molar-refractivity contribution in [2.45, 2.75) is 32.6 Å². The number of benzene rings is 2. The number of hydrogen-bond acceptors (Lipinski definition) is 3. The lowest BCUT2D eigenvalue weighted by molar-refractivity contribution is 0.0951. The largest absolute Gasteiger partial charge is 0.496 e. The summed E-state index contributed by atoms with van der Waals surface area (Å²) >= 11 is 0. The lowest BCUT2D eigenvalue weighted by Gasteiger charge is -2.09. The summed E-state index contributed by atoms with van der Waals surface area (Å²) in [5.74, 6) is 0.272. The van der Waals surface area contributed by atoms with Gasteiger partial charge in [0.2, 0.25) is 0 Å². The van der Waals surface area contributed by atoms with Crippen molar-refractivity contribution < 1.29 is 9.53 Å². The minimum Gasteiger partial charge on any atom is -0.496 e. The van der Waals surface area contributed by atoms with Gasteiger partial charge in [0, 0.05) is 0 Å². The fraction of sp³-hybridized carbons (Fsp3) is 0.300. The molecular weight excluding hydrogens is 300 g/mol. The molecule has 4 nitrogen and oxygen atoms in total. The summed E-state index contributed by atoms with van der Waals surface area (Å²) in [5, 5.41) is 4.38. The molecule has 0 saturated heterocycles. The van der Waals surface area contributed by atoms with E-state index >= 15 is 0 Å². The number of ether oxygens (including phenoxy) is 1. The predicted molar refractivity (Wildman–Crippen MR) is 97.6 cm³/mol. The van der Waals surface area contributed by atoms with E-state index in [0.717, 1.165) is 37.0 Å². The van der Waals surface area contributed by atoms with Gasteiger partial charge in [-0.2, -0.15) is 5.10 Å². The molecule has 1 N–H and O–H groups in total. The molecule has 0 aliphatic carbocycles. The summed E-state index contributed by atoms with van der Waals surface area (Å²) in [5.41, 5.74) is 5.08. The molecule has 0 spiro atoms. The molecule has 4 heteroatoms. The highest BCUT2D eigenvalue weighted by Gasteiger charge is 2.11. The monoisotopic (exact) mass is 324 g/mol. The van der Waals surface area contributed by atoms with Crippen molar-refractivity contribution in [3.05, 3.63) is 65.7 Å². The van der Waals surface area contributed by atoms with Crippen LogP contribution in [-0.2, 0) is 0 Å². The third-order valence-electron chi connectivity index (χ3n) is 3.77. The molecule has 0 unspecified atom stereocenters. The first-order chi connectivity index (χ1) is 11.8. The number of methoxy groups -OCH3 is 1. The van der Waals surface area contributed by atoms with Gasteiger partial charge in [-0.25, -0.2) is 5.43 Å². The van der Waals surface area contributed by atoms with Crippen LogP contribution in [0.1, 0.15) is 48.5 Å². The van der Waals surface area contributed by atoms with Gasteiger partial charge in [-0.1, -0.05) is 62.2 Å². The number of nitrogens with one attached hydrogen (secondary N) is 1. The van der Waals surface area contributed by atoms with Gasteiger partial charge < -0.3 is 4.74 Å². The molecule has 2 aromatic carbocycles. The summed E-state index contributed by atoms with van der Waals surface area (Å²) in [7, 11) is 1.55. The second-order valence-corrected chi connectivity index (χ2v) is 5.52. The van der Waals surface area contributed by atoms with Crippen molar-refractivity contribution in [2.24, 2.45) is 5.10 Å². The van der Waals surface area contributed by atoms with Crippen molar-refractivity contribution in [1.29, 1.82) is 0 Å². The first kappa shape index (κ1) is 17.7. The van der Waals surface area contributed by atoms with Crippen molar-refractivity contribution in [3.63, 3.8) is 0 Å². The average molecular weight is 324 g/mol. The standard InChI is InChI=1S/C20H24N2O2/c1-3-4-6-14-18(16-11-7-5-8-12-16)21-22-20(23)17-13-9-10-15-19(17)24-2/h5,7-13,15H,3-4,6,14H2,1-2H3,(H,22,23)/b21-18+. The molecule has 0 heterocycles. The summed E-state index contributed by atoms with van der Waals surface area (Å²) in [4.78, 5) is 12.4. The lowest BCUT2D eigenvalue weighted by Crippen LogP contribution is -2.20. The van der Waals surface area contributed by atoms with Gasteiger partial charge in [-0.15, -0.1) is 0 Å². The van der Waals surface area contributed by atoms with Crippen LogP contribution in [0.25, 0.3) is 0 Å². The van der Waals surface area contributed by atoms with E-state index in [1.165, 1.54) is 0 Å². The Labute approximate surface area is 143 Å². The molecule has 0 aliphatic rings. The van der Waals surface area contributed by atoms with Crippen LogP contribution in [0.2, 0.25) is 0 Å². The van der Waals surface area contributed by atoms with Gasteiger partial charge in [0.1, 0.15) is 5.75 Å². The van der Waals surface area contributed by atoms with E-state index in [9.17, 15) is 4.79 Å². The molecule has 2 rings (SSSR count). The van der Waals surface area contributed by atoms with E-state index in [1.54, 1.807) is 25.3 Å². The molecule has 126 valence electrons. The second-order valence-electron chi connectivity index (χ2n) is 5.52. The van der Waals surface area contributed by atoms with Crippen LogP contribution in [0.5, 0.6) is 5.75 Å². The molecule has 0 aromatic heterocycles. The Balaban J connectivity index is 2.15. The van der Waals surface area contributed by atoms with Gasteiger partial charge in [0.05, 0.1) is 18.4 Å². The van der Waals surface area contributed by atoms with Crippen LogP contribution >= 0.6 is 0 Å².